The van der Waals surface area contributed by atoms with Gasteiger partial charge in [-0.2, -0.15) is 0 Å². The number of likely N-dealkylation sites (N-methyl/N-ethyl adjacent to an activating group) is 1. The molecule has 0 radical (unpaired) electrons. The molecule has 1 aromatic carbocycles. The van der Waals surface area contributed by atoms with Crippen LogP contribution in [-0.4, -0.2) is 25.6 Å². The number of nitrogens with two attached hydrogens (primary N) is 1. The van der Waals surface area contributed by atoms with Gasteiger partial charge >= 0.3 is 0 Å². The Hall–Kier alpha value is -1.55. The van der Waals surface area contributed by atoms with E-state index in [-0.39, 0.29) is 11.8 Å². The smallest absolute Gasteiger partial charge is 0.267 e. The predicted octanol–water partition coefficient (Wildman–Crippen LogP) is 1.49. The number of rotatable bonds is 2. The van der Waals surface area contributed by atoms with Gasteiger partial charge in [-0.3, -0.25) is 4.79 Å². The number of benzene rings is 1. The molecule has 0 saturated heterocycles. The molecular weight excluding hydrogens is 216 g/mol. The fourth-order valence-electron chi connectivity index (χ4n) is 1.97. The zero-order valence-electron chi connectivity index (χ0n) is 10.4. The quantitative estimate of drug-likeness (QED) is 0.843. The Morgan fingerprint density at radius 1 is 1.53 bits per heavy atom. The first-order valence-electron chi connectivity index (χ1n) is 5.82. The van der Waals surface area contributed by atoms with Gasteiger partial charge in [0.15, 0.2) is 6.10 Å². The van der Waals surface area contributed by atoms with Gasteiger partial charge in [0.25, 0.3) is 5.91 Å². The Kier molecular flexibility index (Phi) is 3.07. The second kappa shape index (κ2) is 4.37. The number of carbonyl (C=O) groups is 1. The first-order valence-corrected chi connectivity index (χ1v) is 5.82. The Morgan fingerprint density at radius 3 is 2.88 bits per heavy atom. The van der Waals surface area contributed by atoms with Crippen LogP contribution in [0.2, 0.25) is 0 Å². The fourth-order valence-corrected chi connectivity index (χ4v) is 1.97. The largest absolute Gasteiger partial charge is 0.479 e. The summed E-state index contributed by atoms with van der Waals surface area (Å²) in [5.74, 6) is 1.02. The van der Waals surface area contributed by atoms with Gasteiger partial charge in [0, 0.05) is 7.05 Å². The summed E-state index contributed by atoms with van der Waals surface area (Å²) in [6.07, 6.45) is -0.412. The molecule has 4 nitrogen and oxygen atoms in total. The van der Waals surface area contributed by atoms with Gasteiger partial charge in [0.1, 0.15) is 5.75 Å². The Morgan fingerprint density at radius 2 is 2.24 bits per heavy atom. The number of ether oxygens (including phenoxy) is 1. The van der Waals surface area contributed by atoms with Crippen LogP contribution in [-0.2, 0) is 4.79 Å². The number of fused-ring (bicyclic) bond motifs is 1. The molecule has 2 unspecified atom stereocenters. The van der Waals surface area contributed by atoms with E-state index in [1.807, 2.05) is 18.2 Å². The summed E-state index contributed by atoms with van der Waals surface area (Å²) in [4.78, 5) is 13.5. The minimum atomic E-state index is -0.412. The molecular formula is C13H18N2O2. The first kappa shape index (κ1) is 11.9. The van der Waals surface area contributed by atoms with E-state index in [1.54, 1.807) is 18.9 Å². The van der Waals surface area contributed by atoms with Crippen LogP contribution < -0.4 is 15.4 Å². The highest BCUT2D eigenvalue weighted by atomic mass is 16.5. The van der Waals surface area contributed by atoms with Crippen LogP contribution in [0, 0.1) is 0 Å². The molecule has 0 aromatic heterocycles. The van der Waals surface area contributed by atoms with Crippen molar-refractivity contribution in [2.75, 3.05) is 18.5 Å². The van der Waals surface area contributed by atoms with Crippen LogP contribution in [0.3, 0.4) is 0 Å². The van der Waals surface area contributed by atoms with Crippen molar-refractivity contribution in [2.24, 2.45) is 5.73 Å². The van der Waals surface area contributed by atoms with Gasteiger partial charge in [-0.05, 0) is 37.1 Å². The summed E-state index contributed by atoms with van der Waals surface area (Å²) in [6, 6.07) is 5.90. The van der Waals surface area contributed by atoms with E-state index in [9.17, 15) is 4.79 Å². The lowest BCUT2D eigenvalue weighted by Crippen LogP contribution is -2.42. The number of hydrogen-bond donors (Lipinski definition) is 1. The number of amides is 1. The van der Waals surface area contributed by atoms with E-state index in [2.05, 4.69) is 6.92 Å². The second-order valence-corrected chi connectivity index (χ2v) is 4.52. The van der Waals surface area contributed by atoms with Gasteiger partial charge in [-0.15, -0.1) is 0 Å². The third-order valence-corrected chi connectivity index (χ3v) is 3.25. The maximum atomic E-state index is 11.8. The Balaban J connectivity index is 2.42. The van der Waals surface area contributed by atoms with Gasteiger partial charge in [0.05, 0.1) is 5.69 Å². The lowest BCUT2D eigenvalue weighted by molar-refractivity contribution is -0.125. The van der Waals surface area contributed by atoms with Crippen molar-refractivity contribution < 1.29 is 9.53 Å². The van der Waals surface area contributed by atoms with Crippen molar-refractivity contribution in [2.45, 2.75) is 25.9 Å². The SMILES string of the molecule is CC1Oc2ccc(C(C)CN)cc2N(C)C1=O. The summed E-state index contributed by atoms with van der Waals surface area (Å²) >= 11 is 0. The van der Waals surface area contributed by atoms with E-state index in [0.717, 1.165) is 17.0 Å². The third kappa shape index (κ3) is 2.00. The van der Waals surface area contributed by atoms with Crippen molar-refractivity contribution >= 4 is 11.6 Å². The average Bonchev–Trinajstić information content (AvgIpc) is 2.35. The van der Waals surface area contributed by atoms with Crippen molar-refractivity contribution in [3.8, 4) is 5.75 Å². The number of hydrogen-bond acceptors (Lipinski definition) is 3. The molecule has 2 N–H and O–H groups in total. The standard InChI is InChI=1S/C13H18N2O2/c1-8(7-14)10-4-5-12-11(6-10)15(3)13(16)9(2)17-12/h4-6,8-9H,7,14H2,1-3H3. The molecule has 2 atom stereocenters. The maximum absolute atomic E-state index is 11.8. The van der Waals surface area contributed by atoms with Crippen LogP contribution in [0.4, 0.5) is 5.69 Å². The molecule has 0 fully saturated rings. The zero-order valence-corrected chi connectivity index (χ0v) is 10.4. The lowest BCUT2D eigenvalue weighted by Gasteiger charge is -2.31. The van der Waals surface area contributed by atoms with Crippen LogP contribution in [0.1, 0.15) is 25.3 Å². The van der Waals surface area contributed by atoms with Crippen molar-refractivity contribution in [3.63, 3.8) is 0 Å². The van der Waals surface area contributed by atoms with Gasteiger partial charge < -0.3 is 15.4 Å². The highest BCUT2D eigenvalue weighted by Gasteiger charge is 2.29. The van der Waals surface area contributed by atoms with E-state index in [1.165, 1.54) is 0 Å². The van der Waals surface area contributed by atoms with Crippen LogP contribution in [0.25, 0.3) is 0 Å². The Labute approximate surface area is 101 Å². The molecule has 1 heterocycles. The number of anilines is 1. The molecule has 0 saturated carbocycles. The highest BCUT2D eigenvalue weighted by Crippen LogP contribution is 2.35. The predicted molar refractivity (Wildman–Crippen MR) is 67.4 cm³/mol. The molecule has 17 heavy (non-hydrogen) atoms. The molecule has 92 valence electrons. The van der Waals surface area contributed by atoms with E-state index in [0.29, 0.717) is 6.54 Å². The second-order valence-electron chi connectivity index (χ2n) is 4.52. The summed E-state index contributed by atoms with van der Waals surface area (Å²) in [5, 5.41) is 0. The molecule has 1 amide bonds. The van der Waals surface area contributed by atoms with E-state index < -0.39 is 6.10 Å². The summed E-state index contributed by atoms with van der Waals surface area (Å²) in [7, 11) is 1.77. The van der Waals surface area contributed by atoms with Crippen molar-refractivity contribution in [1.82, 2.24) is 0 Å². The number of carbonyl (C=O) groups excluding carboxylic acids is 1. The van der Waals surface area contributed by atoms with Gasteiger partial charge in [0.2, 0.25) is 0 Å². The summed E-state index contributed by atoms with van der Waals surface area (Å²) < 4.78 is 5.56. The molecule has 1 aliphatic rings. The number of nitrogens with zero attached hydrogens (tertiary/aromatic N) is 1. The van der Waals surface area contributed by atoms with Crippen LogP contribution in [0.15, 0.2) is 18.2 Å². The molecule has 0 aliphatic carbocycles. The van der Waals surface area contributed by atoms with E-state index in [4.69, 9.17) is 10.5 Å². The minimum Gasteiger partial charge on any atom is -0.479 e. The van der Waals surface area contributed by atoms with Gasteiger partial charge in [-0.25, -0.2) is 0 Å². The van der Waals surface area contributed by atoms with Crippen LogP contribution in [0.5, 0.6) is 5.75 Å². The third-order valence-electron chi connectivity index (χ3n) is 3.25. The zero-order chi connectivity index (χ0) is 12.6. The van der Waals surface area contributed by atoms with E-state index >= 15 is 0 Å². The monoisotopic (exact) mass is 234 g/mol. The molecule has 1 aliphatic heterocycles. The van der Waals surface area contributed by atoms with Gasteiger partial charge in [-0.1, -0.05) is 13.0 Å². The molecule has 0 spiro atoms. The molecule has 1 aromatic rings. The minimum absolute atomic E-state index is 0.0185. The van der Waals surface area contributed by atoms with Crippen molar-refractivity contribution in [1.29, 1.82) is 0 Å². The normalized spacial score (nSPS) is 20.8. The first-order chi connectivity index (χ1) is 8.04. The Bertz CT molecular complexity index is 445. The maximum Gasteiger partial charge on any atom is 0.267 e. The van der Waals surface area contributed by atoms with Crippen molar-refractivity contribution in [3.05, 3.63) is 23.8 Å². The van der Waals surface area contributed by atoms with Crippen LogP contribution >= 0.6 is 0 Å². The highest BCUT2D eigenvalue weighted by molar-refractivity contribution is 5.99. The topological polar surface area (TPSA) is 55.6 Å². The molecule has 4 heteroatoms. The summed E-state index contributed by atoms with van der Waals surface area (Å²) in [5.41, 5.74) is 7.61. The molecule has 2 rings (SSSR count). The lowest BCUT2D eigenvalue weighted by atomic mass is 9.99. The fraction of sp³-hybridized carbons (Fsp3) is 0.462. The summed E-state index contributed by atoms with van der Waals surface area (Å²) in [6.45, 7) is 4.42. The average molecular weight is 234 g/mol. The molecule has 0 bridgehead atoms.